The molecule has 0 atom stereocenters. The van der Waals surface area contributed by atoms with Gasteiger partial charge in [0.05, 0.1) is 17.6 Å². The summed E-state index contributed by atoms with van der Waals surface area (Å²) in [7, 11) is 3.19. The Kier molecular flexibility index (Phi) is 4.69. The fraction of sp³-hybridized carbons (Fsp3) is 0.385. The van der Waals surface area contributed by atoms with E-state index in [2.05, 4.69) is 15.3 Å². The Morgan fingerprint density at radius 2 is 2.29 bits per heavy atom. The van der Waals surface area contributed by atoms with Crippen LogP contribution in [0.15, 0.2) is 18.2 Å². The Hall–Kier alpha value is -2.22. The summed E-state index contributed by atoms with van der Waals surface area (Å²) >= 11 is 0. The summed E-state index contributed by atoms with van der Waals surface area (Å²) in [6, 6.07) is 4.44. The second-order valence-corrected chi connectivity index (χ2v) is 4.50. The van der Waals surface area contributed by atoms with E-state index in [1.807, 2.05) is 0 Å². The van der Waals surface area contributed by atoms with Crippen LogP contribution in [-0.2, 0) is 4.74 Å². The van der Waals surface area contributed by atoms with Crippen molar-refractivity contribution in [1.82, 2.24) is 14.9 Å². The quantitative estimate of drug-likeness (QED) is 0.891. The molecule has 2 aromatic rings. The number of rotatable bonds is 5. The van der Waals surface area contributed by atoms with Gasteiger partial charge in [0.2, 0.25) is 0 Å². The van der Waals surface area contributed by atoms with Crippen LogP contribution >= 0.6 is 0 Å². The zero-order valence-electron chi connectivity index (χ0n) is 11.7. The molecule has 1 aromatic carbocycles. The summed E-state index contributed by atoms with van der Waals surface area (Å²) in [4.78, 5) is 19.6. The summed E-state index contributed by atoms with van der Waals surface area (Å²) in [6.45, 7) is 0.880. The Labute approximate surface area is 120 Å². The standard InChI is InChI=1S/C13H16F2N4O2/c1-19(5-6-21-2)13(20)16-8-3-4-9-10(7-8)18-12(17-9)11(14)15/h3-4,7,11H,5-6H2,1-2H3,(H,16,20)(H,17,18). The molecule has 0 spiro atoms. The summed E-state index contributed by atoms with van der Waals surface area (Å²) < 4.78 is 30.0. The van der Waals surface area contributed by atoms with Crippen LogP contribution in [0.25, 0.3) is 11.0 Å². The van der Waals surface area contributed by atoms with Gasteiger partial charge in [-0.25, -0.2) is 18.6 Å². The van der Waals surface area contributed by atoms with Crippen molar-refractivity contribution in [3.8, 4) is 0 Å². The average molecular weight is 298 g/mol. The molecule has 1 heterocycles. The van der Waals surface area contributed by atoms with Gasteiger partial charge in [-0.3, -0.25) is 0 Å². The number of H-pyrrole nitrogens is 1. The maximum absolute atomic E-state index is 12.6. The van der Waals surface area contributed by atoms with E-state index in [1.54, 1.807) is 32.4 Å². The molecule has 0 bridgehead atoms. The lowest BCUT2D eigenvalue weighted by Crippen LogP contribution is -2.33. The van der Waals surface area contributed by atoms with Crippen molar-refractivity contribution in [3.05, 3.63) is 24.0 Å². The minimum atomic E-state index is -2.66. The van der Waals surface area contributed by atoms with Crippen LogP contribution < -0.4 is 5.32 Å². The van der Waals surface area contributed by atoms with Gasteiger partial charge < -0.3 is 19.9 Å². The first kappa shape index (κ1) is 15.2. The number of aromatic amines is 1. The fourth-order valence-corrected chi connectivity index (χ4v) is 1.76. The number of hydrogen-bond donors (Lipinski definition) is 2. The topological polar surface area (TPSA) is 70.2 Å². The van der Waals surface area contributed by atoms with E-state index < -0.39 is 6.43 Å². The minimum Gasteiger partial charge on any atom is -0.383 e. The lowest BCUT2D eigenvalue weighted by atomic mass is 10.3. The number of urea groups is 1. The second kappa shape index (κ2) is 6.49. The smallest absolute Gasteiger partial charge is 0.321 e. The Morgan fingerprint density at radius 1 is 1.52 bits per heavy atom. The maximum atomic E-state index is 12.6. The van der Waals surface area contributed by atoms with Gasteiger partial charge in [0, 0.05) is 26.4 Å². The van der Waals surface area contributed by atoms with Crippen LogP contribution in [0.4, 0.5) is 19.3 Å². The number of amides is 2. The molecule has 0 aliphatic carbocycles. The lowest BCUT2D eigenvalue weighted by Gasteiger charge is -2.17. The predicted octanol–water partition coefficient (Wildman–Crippen LogP) is 2.61. The number of alkyl halides is 2. The van der Waals surface area contributed by atoms with Crippen molar-refractivity contribution in [2.75, 3.05) is 32.6 Å². The molecule has 2 N–H and O–H groups in total. The molecule has 0 saturated carbocycles. The van der Waals surface area contributed by atoms with Crippen molar-refractivity contribution in [2.45, 2.75) is 6.43 Å². The van der Waals surface area contributed by atoms with Crippen molar-refractivity contribution < 1.29 is 18.3 Å². The van der Waals surface area contributed by atoms with Crippen LogP contribution in [-0.4, -0.2) is 48.2 Å². The van der Waals surface area contributed by atoms with Gasteiger partial charge in [-0.1, -0.05) is 0 Å². The molecule has 21 heavy (non-hydrogen) atoms. The molecule has 2 amide bonds. The van der Waals surface area contributed by atoms with E-state index in [4.69, 9.17) is 4.74 Å². The first-order valence-electron chi connectivity index (χ1n) is 6.30. The number of benzene rings is 1. The molecule has 0 unspecified atom stereocenters. The van der Waals surface area contributed by atoms with Crippen LogP contribution in [0.3, 0.4) is 0 Å². The number of halogens is 2. The Morgan fingerprint density at radius 3 is 2.95 bits per heavy atom. The Balaban J connectivity index is 2.10. The largest absolute Gasteiger partial charge is 0.383 e. The monoisotopic (exact) mass is 298 g/mol. The SMILES string of the molecule is COCCN(C)C(=O)Nc1ccc2nc(C(F)F)[nH]c2c1. The fourth-order valence-electron chi connectivity index (χ4n) is 1.76. The number of fused-ring (bicyclic) bond motifs is 1. The number of methoxy groups -OCH3 is 1. The highest BCUT2D eigenvalue weighted by molar-refractivity contribution is 5.91. The van der Waals surface area contributed by atoms with Gasteiger partial charge in [-0.2, -0.15) is 0 Å². The van der Waals surface area contributed by atoms with Crippen LogP contribution in [0.1, 0.15) is 12.2 Å². The third-order valence-corrected chi connectivity index (χ3v) is 2.94. The molecule has 8 heteroatoms. The number of nitrogens with one attached hydrogen (secondary N) is 2. The third-order valence-electron chi connectivity index (χ3n) is 2.94. The maximum Gasteiger partial charge on any atom is 0.321 e. The number of carbonyl (C=O) groups excluding carboxylic acids is 1. The number of carbonyl (C=O) groups is 1. The van der Waals surface area contributed by atoms with E-state index in [1.165, 1.54) is 4.90 Å². The van der Waals surface area contributed by atoms with Crippen molar-refractivity contribution in [2.24, 2.45) is 0 Å². The Bertz CT molecular complexity index is 630. The van der Waals surface area contributed by atoms with E-state index in [9.17, 15) is 13.6 Å². The van der Waals surface area contributed by atoms with E-state index in [0.717, 1.165) is 0 Å². The van der Waals surface area contributed by atoms with Gasteiger partial charge in [-0.15, -0.1) is 0 Å². The van der Waals surface area contributed by atoms with Crippen molar-refractivity contribution in [3.63, 3.8) is 0 Å². The number of hydrogen-bond acceptors (Lipinski definition) is 3. The molecule has 1 aromatic heterocycles. The van der Waals surface area contributed by atoms with Crippen LogP contribution in [0.2, 0.25) is 0 Å². The minimum absolute atomic E-state index is 0.306. The molecule has 0 aliphatic heterocycles. The highest BCUT2D eigenvalue weighted by atomic mass is 19.3. The van der Waals surface area contributed by atoms with E-state index in [0.29, 0.717) is 29.9 Å². The molecular formula is C13H16F2N4O2. The lowest BCUT2D eigenvalue weighted by molar-refractivity contribution is 0.142. The summed E-state index contributed by atoms with van der Waals surface area (Å²) in [5.41, 5.74) is 1.37. The van der Waals surface area contributed by atoms with E-state index in [-0.39, 0.29) is 11.9 Å². The predicted molar refractivity (Wildman–Crippen MR) is 74.6 cm³/mol. The molecule has 114 valence electrons. The van der Waals surface area contributed by atoms with E-state index >= 15 is 0 Å². The number of imidazole rings is 1. The molecule has 6 nitrogen and oxygen atoms in total. The number of ether oxygens (including phenoxy) is 1. The zero-order chi connectivity index (χ0) is 15.4. The number of aromatic nitrogens is 2. The third kappa shape index (κ3) is 3.66. The number of anilines is 1. The van der Waals surface area contributed by atoms with Gasteiger partial charge in [0.25, 0.3) is 6.43 Å². The normalized spacial score (nSPS) is 11.1. The summed E-state index contributed by atoms with van der Waals surface area (Å²) in [6.07, 6.45) is -2.66. The molecule has 0 saturated heterocycles. The first-order chi connectivity index (χ1) is 10.0. The number of likely N-dealkylation sites (N-methyl/N-ethyl adjacent to an activating group) is 1. The highest BCUT2D eigenvalue weighted by Gasteiger charge is 2.13. The molecule has 0 fully saturated rings. The molecule has 0 radical (unpaired) electrons. The summed E-state index contributed by atoms with van der Waals surface area (Å²) in [5.74, 6) is -0.384. The first-order valence-corrected chi connectivity index (χ1v) is 6.30. The number of nitrogens with zero attached hydrogens (tertiary/aromatic N) is 2. The molecular weight excluding hydrogens is 282 g/mol. The highest BCUT2D eigenvalue weighted by Crippen LogP contribution is 2.22. The zero-order valence-corrected chi connectivity index (χ0v) is 11.7. The second-order valence-electron chi connectivity index (χ2n) is 4.50. The van der Waals surface area contributed by atoms with Crippen molar-refractivity contribution in [1.29, 1.82) is 0 Å². The van der Waals surface area contributed by atoms with Gasteiger partial charge >= 0.3 is 6.03 Å². The van der Waals surface area contributed by atoms with Gasteiger partial charge in [0.15, 0.2) is 5.82 Å². The summed E-state index contributed by atoms with van der Waals surface area (Å²) in [5, 5.41) is 2.68. The molecule has 0 aliphatic rings. The van der Waals surface area contributed by atoms with Gasteiger partial charge in [-0.05, 0) is 18.2 Å². The van der Waals surface area contributed by atoms with Gasteiger partial charge in [0.1, 0.15) is 0 Å². The van der Waals surface area contributed by atoms with Crippen LogP contribution in [0.5, 0.6) is 0 Å². The average Bonchev–Trinajstić information content (AvgIpc) is 2.88. The van der Waals surface area contributed by atoms with Crippen molar-refractivity contribution >= 4 is 22.8 Å². The van der Waals surface area contributed by atoms with Crippen LogP contribution in [0, 0.1) is 0 Å². The molecule has 2 rings (SSSR count).